The largest absolute Gasteiger partial charge is 0.314 e. The van der Waals surface area contributed by atoms with Crippen molar-refractivity contribution in [1.82, 2.24) is 0 Å². The van der Waals surface area contributed by atoms with Crippen molar-refractivity contribution in [2.45, 2.75) is 31.1 Å². The molecule has 1 aromatic rings. The Morgan fingerprint density at radius 3 is 2.83 bits per heavy atom. The van der Waals surface area contributed by atoms with E-state index in [2.05, 4.69) is 4.99 Å². The number of amides is 1. The normalized spacial score (nSPS) is 27.4. The Morgan fingerprint density at radius 2 is 2.13 bits per heavy atom. The van der Waals surface area contributed by atoms with Crippen LogP contribution in [0.15, 0.2) is 29.3 Å². The van der Waals surface area contributed by atoms with Gasteiger partial charge in [0.05, 0.1) is 28.3 Å². The Hall–Kier alpha value is -1.05. The highest BCUT2D eigenvalue weighted by molar-refractivity contribution is 8.16. The molecule has 23 heavy (non-hydrogen) atoms. The highest BCUT2D eigenvalue weighted by Crippen LogP contribution is 2.42. The van der Waals surface area contributed by atoms with Gasteiger partial charge in [-0.05, 0) is 18.6 Å². The van der Waals surface area contributed by atoms with Crippen LogP contribution in [0.3, 0.4) is 0 Å². The number of carbonyl (C=O) groups excluding carboxylic acids is 1. The van der Waals surface area contributed by atoms with Crippen LogP contribution < -0.4 is 4.90 Å². The van der Waals surface area contributed by atoms with Gasteiger partial charge in [0.25, 0.3) is 0 Å². The van der Waals surface area contributed by atoms with Crippen molar-refractivity contribution in [2.75, 3.05) is 16.4 Å². The van der Waals surface area contributed by atoms with Crippen molar-refractivity contribution < 1.29 is 13.2 Å². The van der Waals surface area contributed by atoms with Gasteiger partial charge < -0.3 is 4.90 Å². The molecule has 8 heteroatoms. The molecule has 0 aromatic heterocycles. The third-order valence-electron chi connectivity index (χ3n) is 3.86. The molecule has 1 aromatic carbocycles. The molecule has 2 aliphatic heterocycles. The van der Waals surface area contributed by atoms with Crippen LogP contribution in [0.1, 0.15) is 19.8 Å². The summed E-state index contributed by atoms with van der Waals surface area (Å²) in [6, 6.07) is 7.02. The second-order valence-electron chi connectivity index (χ2n) is 5.66. The number of amidine groups is 1. The number of para-hydroxylation sites is 1. The molecule has 2 aliphatic rings. The number of fused-ring (bicyclic) bond motifs is 1. The van der Waals surface area contributed by atoms with E-state index in [9.17, 15) is 13.2 Å². The molecule has 0 aliphatic carbocycles. The summed E-state index contributed by atoms with van der Waals surface area (Å²) in [6.07, 6.45) is 1.11. The van der Waals surface area contributed by atoms with Gasteiger partial charge in [0.1, 0.15) is 0 Å². The highest BCUT2D eigenvalue weighted by atomic mass is 35.5. The Balaban J connectivity index is 2.01. The van der Waals surface area contributed by atoms with E-state index in [1.54, 1.807) is 6.07 Å². The SMILES string of the molecule is CCCC(=O)N=C1SC2CS(=O)(=O)CC2N1c1ccccc1Cl. The standard InChI is InChI=1S/C15H17ClN2O3S2/c1-2-5-14(19)17-15-18(11-7-4-3-6-10(11)16)12-8-23(20,21)9-13(12)22-15/h3-4,6-7,12-13H,2,5,8-9H2,1H3. The predicted octanol–water partition coefficient (Wildman–Crippen LogP) is 2.74. The van der Waals surface area contributed by atoms with E-state index in [1.807, 2.05) is 30.0 Å². The molecule has 2 atom stereocenters. The lowest BCUT2D eigenvalue weighted by Gasteiger charge is -2.25. The Bertz CT molecular complexity index is 764. The first-order chi connectivity index (χ1) is 10.9. The first-order valence-electron chi connectivity index (χ1n) is 7.43. The molecule has 5 nitrogen and oxygen atoms in total. The smallest absolute Gasteiger partial charge is 0.248 e. The lowest BCUT2D eigenvalue weighted by molar-refractivity contribution is -0.117. The van der Waals surface area contributed by atoms with Crippen LogP contribution >= 0.6 is 23.4 Å². The number of rotatable bonds is 3. The molecule has 2 unspecified atom stereocenters. The van der Waals surface area contributed by atoms with E-state index >= 15 is 0 Å². The molecule has 0 saturated carbocycles. The maximum absolute atomic E-state index is 12.0. The maximum Gasteiger partial charge on any atom is 0.248 e. The molecule has 1 amide bonds. The Labute approximate surface area is 145 Å². The molecule has 0 spiro atoms. The van der Waals surface area contributed by atoms with Crippen molar-refractivity contribution >= 4 is 50.0 Å². The van der Waals surface area contributed by atoms with E-state index in [1.165, 1.54) is 11.8 Å². The monoisotopic (exact) mass is 372 g/mol. The summed E-state index contributed by atoms with van der Waals surface area (Å²) in [4.78, 5) is 18.0. The average Bonchev–Trinajstić information content (AvgIpc) is 2.91. The summed E-state index contributed by atoms with van der Waals surface area (Å²) < 4.78 is 23.9. The molecule has 124 valence electrons. The first-order valence-corrected chi connectivity index (χ1v) is 10.5. The van der Waals surface area contributed by atoms with Crippen LogP contribution in [0.25, 0.3) is 0 Å². The Morgan fingerprint density at radius 1 is 1.39 bits per heavy atom. The van der Waals surface area contributed by atoms with Crippen molar-refractivity contribution in [3.63, 3.8) is 0 Å². The number of anilines is 1. The minimum atomic E-state index is -3.07. The van der Waals surface area contributed by atoms with Gasteiger partial charge in [-0.2, -0.15) is 4.99 Å². The van der Waals surface area contributed by atoms with Gasteiger partial charge in [0.2, 0.25) is 5.91 Å². The van der Waals surface area contributed by atoms with Gasteiger partial charge in [0, 0.05) is 11.7 Å². The molecular formula is C15H17ClN2O3S2. The number of carbonyl (C=O) groups is 1. The quantitative estimate of drug-likeness (QED) is 0.816. The number of nitrogens with zero attached hydrogens (tertiary/aromatic N) is 2. The lowest BCUT2D eigenvalue weighted by atomic mass is 10.2. The van der Waals surface area contributed by atoms with Crippen LogP contribution in [-0.4, -0.2) is 42.3 Å². The van der Waals surface area contributed by atoms with E-state index in [4.69, 9.17) is 11.6 Å². The molecule has 0 bridgehead atoms. The number of thioether (sulfide) groups is 1. The third-order valence-corrected chi connectivity index (χ3v) is 7.39. The second kappa shape index (κ2) is 6.45. The highest BCUT2D eigenvalue weighted by Gasteiger charge is 2.49. The zero-order valence-corrected chi connectivity index (χ0v) is 15.0. The zero-order valence-electron chi connectivity index (χ0n) is 12.6. The van der Waals surface area contributed by atoms with Crippen LogP contribution in [0.5, 0.6) is 0 Å². The molecule has 2 heterocycles. The maximum atomic E-state index is 12.0. The van der Waals surface area contributed by atoms with Crippen LogP contribution in [0.4, 0.5) is 5.69 Å². The molecule has 0 N–H and O–H groups in total. The molecular weight excluding hydrogens is 356 g/mol. The molecule has 2 fully saturated rings. The predicted molar refractivity (Wildman–Crippen MR) is 95.1 cm³/mol. The lowest BCUT2D eigenvalue weighted by Crippen LogP contribution is -2.37. The first kappa shape index (κ1) is 16.8. The van der Waals surface area contributed by atoms with E-state index in [-0.39, 0.29) is 28.7 Å². The van der Waals surface area contributed by atoms with Gasteiger partial charge in [-0.1, -0.05) is 42.4 Å². The van der Waals surface area contributed by atoms with Crippen molar-refractivity contribution in [3.05, 3.63) is 29.3 Å². The number of hydrogen-bond donors (Lipinski definition) is 0. The summed E-state index contributed by atoms with van der Waals surface area (Å²) in [7, 11) is -3.07. The summed E-state index contributed by atoms with van der Waals surface area (Å²) >= 11 is 7.66. The molecule has 0 radical (unpaired) electrons. The van der Waals surface area contributed by atoms with E-state index in [0.717, 1.165) is 6.42 Å². The van der Waals surface area contributed by atoms with Gasteiger partial charge in [-0.25, -0.2) is 8.42 Å². The number of hydrogen-bond acceptors (Lipinski definition) is 4. The fourth-order valence-corrected chi connectivity index (χ4v) is 7.02. The van der Waals surface area contributed by atoms with Crippen molar-refractivity contribution in [2.24, 2.45) is 4.99 Å². The topological polar surface area (TPSA) is 66.8 Å². The molecule has 2 saturated heterocycles. The van der Waals surface area contributed by atoms with Crippen LogP contribution in [0.2, 0.25) is 5.02 Å². The van der Waals surface area contributed by atoms with E-state index < -0.39 is 9.84 Å². The number of halogens is 1. The van der Waals surface area contributed by atoms with Crippen LogP contribution in [-0.2, 0) is 14.6 Å². The third kappa shape index (κ3) is 3.41. The fourth-order valence-electron chi connectivity index (χ4n) is 2.87. The van der Waals surface area contributed by atoms with Gasteiger partial charge >= 0.3 is 0 Å². The summed E-state index contributed by atoms with van der Waals surface area (Å²) in [5.41, 5.74) is 0.703. The minimum Gasteiger partial charge on any atom is -0.314 e. The zero-order chi connectivity index (χ0) is 16.6. The summed E-state index contributed by atoms with van der Waals surface area (Å²) in [6.45, 7) is 1.92. The fraction of sp³-hybridized carbons (Fsp3) is 0.467. The van der Waals surface area contributed by atoms with Crippen molar-refractivity contribution in [3.8, 4) is 0 Å². The number of benzene rings is 1. The summed E-state index contributed by atoms with van der Waals surface area (Å²) in [5.74, 6) is -0.00359. The van der Waals surface area contributed by atoms with Gasteiger partial charge in [0.15, 0.2) is 15.0 Å². The molecule has 3 rings (SSSR count). The van der Waals surface area contributed by atoms with E-state index in [0.29, 0.717) is 22.3 Å². The van der Waals surface area contributed by atoms with Crippen LogP contribution in [0, 0.1) is 0 Å². The van der Waals surface area contributed by atoms with Gasteiger partial charge in [-0.15, -0.1) is 0 Å². The number of aliphatic imine (C=N–C) groups is 1. The minimum absolute atomic E-state index is 0.0663. The number of sulfone groups is 1. The van der Waals surface area contributed by atoms with Gasteiger partial charge in [-0.3, -0.25) is 4.79 Å². The Kier molecular flexibility index (Phi) is 4.71. The van der Waals surface area contributed by atoms with Crippen molar-refractivity contribution in [1.29, 1.82) is 0 Å². The average molecular weight is 373 g/mol. The summed E-state index contributed by atoms with van der Waals surface area (Å²) in [5, 5.41) is 0.972. The second-order valence-corrected chi connectivity index (χ2v) is 9.43.